The first-order valence-electron chi connectivity index (χ1n) is 4.05. The second-order valence-electron chi connectivity index (χ2n) is 2.87. The van der Waals surface area contributed by atoms with E-state index in [1.165, 1.54) is 0 Å². The van der Waals surface area contributed by atoms with Gasteiger partial charge in [0.2, 0.25) is 5.78 Å². The Bertz CT molecular complexity index is 419. The van der Waals surface area contributed by atoms with Gasteiger partial charge in [-0.3, -0.25) is 4.79 Å². The summed E-state index contributed by atoms with van der Waals surface area (Å²) in [5.41, 5.74) is 0.890. The molecule has 0 aromatic heterocycles. The lowest BCUT2D eigenvalue weighted by molar-refractivity contribution is -0.113. The molecule has 0 aliphatic rings. The molecule has 0 bridgehead atoms. The molecule has 6 heteroatoms. The van der Waals surface area contributed by atoms with E-state index in [4.69, 9.17) is 11.6 Å². The lowest BCUT2D eigenvalue weighted by atomic mass is 10.2. The molecule has 0 aliphatic heterocycles. The van der Waals surface area contributed by atoms with Crippen molar-refractivity contribution in [1.29, 1.82) is 0 Å². The quantitative estimate of drug-likeness (QED) is 0.392. The molecular weight excluding hydrogens is 491 g/mol. The summed E-state index contributed by atoms with van der Waals surface area (Å²) in [6, 6.07) is 7.19. The van der Waals surface area contributed by atoms with Crippen molar-refractivity contribution >= 4 is 87.2 Å². The Morgan fingerprint density at radius 2 is 1.69 bits per heavy atom. The van der Waals surface area contributed by atoms with Crippen LogP contribution in [0.4, 0.5) is 0 Å². The third kappa shape index (κ3) is 4.61. The van der Waals surface area contributed by atoms with Gasteiger partial charge in [-0.1, -0.05) is 71.5 Å². The van der Waals surface area contributed by atoms with Crippen LogP contribution in [0.25, 0.3) is 6.08 Å². The second kappa shape index (κ2) is 6.14. The van der Waals surface area contributed by atoms with E-state index in [2.05, 4.69) is 63.7 Å². The molecule has 0 aliphatic carbocycles. The fourth-order valence-corrected chi connectivity index (χ4v) is 3.03. The zero-order chi connectivity index (χ0) is 12.3. The number of ketones is 1. The van der Waals surface area contributed by atoms with Crippen LogP contribution in [-0.2, 0) is 4.79 Å². The summed E-state index contributed by atoms with van der Waals surface area (Å²) in [7, 11) is 0. The lowest BCUT2D eigenvalue weighted by Gasteiger charge is -2.09. The number of carbonyl (C=O) groups is 1. The Hall–Kier alpha value is 0.840. The summed E-state index contributed by atoms with van der Waals surface area (Å²) >= 11 is 18.5. The van der Waals surface area contributed by atoms with Crippen molar-refractivity contribution in [1.82, 2.24) is 0 Å². The van der Waals surface area contributed by atoms with Crippen LogP contribution in [0, 0.1) is 0 Å². The first kappa shape index (κ1) is 14.9. The molecule has 0 atom stereocenters. The van der Waals surface area contributed by atoms with Crippen molar-refractivity contribution in [3.63, 3.8) is 0 Å². The van der Waals surface area contributed by atoms with E-state index >= 15 is 0 Å². The molecule has 0 heterocycles. The normalized spacial score (nSPS) is 12.7. The van der Waals surface area contributed by atoms with Crippen LogP contribution >= 0.6 is 75.3 Å². The number of hydrogen-bond acceptors (Lipinski definition) is 1. The summed E-state index contributed by atoms with van der Waals surface area (Å²) in [5, 5.41) is 0.662. The molecule has 1 nitrogen and oxygen atoms in total. The van der Waals surface area contributed by atoms with Crippen molar-refractivity contribution < 1.29 is 4.79 Å². The topological polar surface area (TPSA) is 17.1 Å². The number of benzene rings is 1. The highest BCUT2D eigenvalue weighted by atomic mass is 80.0. The minimum atomic E-state index is -0.936. The van der Waals surface area contributed by atoms with Crippen LogP contribution in [0.5, 0.6) is 0 Å². The maximum absolute atomic E-state index is 11.8. The lowest BCUT2D eigenvalue weighted by Crippen LogP contribution is -2.16. The number of hydrogen-bond donors (Lipinski definition) is 0. The first-order chi connectivity index (χ1) is 7.30. The third-order valence-electron chi connectivity index (χ3n) is 1.64. The molecule has 0 saturated carbocycles. The molecule has 1 rings (SSSR count). The van der Waals surface area contributed by atoms with Gasteiger partial charge in [0, 0.05) is 5.02 Å². The van der Waals surface area contributed by atoms with Crippen LogP contribution in [0.2, 0.25) is 5.02 Å². The maximum Gasteiger partial charge on any atom is 0.207 e. The summed E-state index contributed by atoms with van der Waals surface area (Å²) in [6.07, 6.45) is 1.72. The molecule has 0 spiro atoms. The molecule has 86 valence electrons. The van der Waals surface area contributed by atoms with Crippen molar-refractivity contribution in [2.24, 2.45) is 0 Å². The molecule has 0 fully saturated rings. The summed E-state index contributed by atoms with van der Waals surface area (Å²) in [4.78, 5) is 11.8. The fraction of sp³-hybridized carbons (Fsp3) is 0.100. The van der Waals surface area contributed by atoms with Gasteiger partial charge in [-0.2, -0.15) is 0 Å². The van der Waals surface area contributed by atoms with Gasteiger partial charge in [-0.25, -0.2) is 0 Å². The Morgan fingerprint density at radius 3 is 2.12 bits per heavy atom. The molecule has 0 saturated heterocycles. The van der Waals surface area contributed by atoms with Crippen molar-refractivity contribution in [3.05, 3.63) is 39.3 Å². The van der Waals surface area contributed by atoms with Gasteiger partial charge in [0.15, 0.2) is 2.14 Å². The van der Waals surface area contributed by atoms with Crippen molar-refractivity contribution in [2.45, 2.75) is 2.14 Å². The van der Waals surface area contributed by atoms with Crippen LogP contribution < -0.4 is 0 Å². The zero-order valence-electron chi connectivity index (χ0n) is 7.68. The molecule has 0 unspecified atom stereocenters. The Balaban J connectivity index is 2.93. The fourth-order valence-electron chi connectivity index (χ4n) is 0.906. The molecule has 0 radical (unpaired) electrons. The van der Waals surface area contributed by atoms with Crippen LogP contribution in [-0.4, -0.2) is 7.93 Å². The average molecular weight is 496 g/mol. The summed E-state index contributed by atoms with van der Waals surface area (Å²) in [5.74, 6) is -0.164. The molecular formula is C10H5Br4ClO. The van der Waals surface area contributed by atoms with Gasteiger partial charge in [-0.15, -0.1) is 0 Å². The highest BCUT2D eigenvalue weighted by Gasteiger charge is 2.30. The molecule has 1 aromatic carbocycles. The Labute approximate surface area is 132 Å². The number of halogens is 5. The maximum atomic E-state index is 11.8. The van der Waals surface area contributed by atoms with E-state index in [0.717, 1.165) is 5.56 Å². The highest BCUT2D eigenvalue weighted by Crippen LogP contribution is 2.38. The van der Waals surface area contributed by atoms with Gasteiger partial charge >= 0.3 is 0 Å². The Kier molecular flexibility index (Phi) is 5.72. The van der Waals surface area contributed by atoms with E-state index in [0.29, 0.717) is 9.51 Å². The molecule has 0 N–H and O–H groups in total. The molecule has 16 heavy (non-hydrogen) atoms. The zero-order valence-corrected chi connectivity index (χ0v) is 14.8. The standard InChI is InChI=1S/C10H5Br4ClO/c11-8(9(16)10(12,13)14)5-6-1-3-7(15)4-2-6/h1-5H. The van der Waals surface area contributed by atoms with E-state index in [-0.39, 0.29) is 5.78 Å². The minimum absolute atomic E-state index is 0.164. The van der Waals surface area contributed by atoms with E-state index < -0.39 is 2.14 Å². The molecule has 0 amide bonds. The first-order valence-corrected chi connectivity index (χ1v) is 7.60. The van der Waals surface area contributed by atoms with Gasteiger partial charge in [0.25, 0.3) is 0 Å². The number of alkyl halides is 3. The number of carbonyl (C=O) groups excluding carboxylic acids is 1. The van der Waals surface area contributed by atoms with Crippen LogP contribution in [0.1, 0.15) is 5.56 Å². The number of Topliss-reactive ketones (excluding diaryl/α,β-unsaturated/α-hetero) is 1. The largest absolute Gasteiger partial charge is 0.290 e. The number of rotatable bonds is 2. The Morgan fingerprint density at radius 1 is 1.19 bits per heavy atom. The van der Waals surface area contributed by atoms with E-state index in [1.54, 1.807) is 18.2 Å². The second-order valence-corrected chi connectivity index (χ2v) is 10.9. The van der Waals surface area contributed by atoms with Gasteiger partial charge in [-0.05, 0) is 39.7 Å². The van der Waals surface area contributed by atoms with E-state index in [9.17, 15) is 4.79 Å². The number of allylic oxidation sites excluding steroid dienone is 1. The smallest absolute Gasteiger partial charge is 0.207 e. The predicted molar refractivity (Wildman–Crippen MR) is 82.9 cm³/mol. The van der Waals surface area contributed by atoms with Gasteiger partial charge in [0.05, 0.1) is 4.48 Å². The third-order valence-corrected chi connectivity index (χ3v) is 3.56. The van der Waals surface area contributed by atoms with Crippen molar-refractivity contribution in [3.8, 4) is 0 Å². The van der Waals surface area contributed by atoms with Gasteiger partial charge < -0.3 is 0 Å². The van der Waals surface area contributed by atoms with Gasteiger partial charge in [0.1, 0.15) is 0 Å². The predicted octanol–water partition coefficient (Wildman–Crippen LogP) is 5.48. The van der Waals surface area contributed by atoms with Crippen LogP contribution in [0.3, 0.4) is 0 Å². The van der Waals surface area contributed by atoms with E-state index in [1.807, 2.05) is 12.1 Å². The van der Waals surface area contributed by atoms with Crippen LogP contribution in [0.15, 0.2) is 28.7 Å². The van der Waals surface area contributed by atoms with Crippen molar-refractivity contribution in [2.75, 3.05) is 0 Å². The summed E-state index contributed by atoms with van der Waals surface area (Å²) in [6.45, 7) is 0. The molecule has 1 aromatic rings. The highest BCUT2D eigenvalue weighted by molar-refractivity contribution is 9.40. The SMILES string of the molecule is O=C(C(Br)=Cc1ccc(Cl)cc1)C(Br)(Br)Br. The minimum Gasteiger partial charge on any atom is -0.290 e. The average Bonchev–Trinajstić information content (AvgIpc) is 2.19. The summed E-state index contributed by atoms with van der Waals surface area (Å²) < 4.78 is -0.491. The monoisotopic (exact) mass is 492 g/mol.